The van der Waals surface area contributed by atoms with Crippen molar-refractivity contribution in [2.75, 3.05) is 6.61 Å². The number of aromatic nitrogens is 1. The van der Waals surface area contributed by atoms with E-state index >= 15 is 0 Å². The number of H-pyrrole nitrogens is 1. The number of carboxylic acid groups (broad SMARTS) is 1. The van der Waals surface area contributed by atoms with Gasteiger partial charge >= 0.3 is 5.97 Å². The molecule has 6 nitrogen and oxygen atoms in total. The molecule has 0 amide bonds. The van der Waals surface area contributed by atoms with E-state index in [1.807, 2.05) is 6.92 Å². The van der Waals surface area contributed by atoms with Crippen molar-refractivity contribution in [3.8, 4) is 10.8 Å². The Kier molecular flexibility index (Phi) is 4.93. The fraction of sp³-hybridized carbons (Fsp3) is 0.222. The summed E-state index contributed by atoms with van der Waals surface area (Å²) in [5, 5.41) is 22.3. The van der Waals surface area contributed by atoms with E-state index in [9.17, 15) is 19.8 Å². The highest BCUT2D eigenvalue weighted by atomic mass is 35.5. The highest BCUT2D eigenvalue weighted by Gasteiger charge is 2.25. The number of carbonyl (C=O) groups excluding carboxylic acids is 1. The molecule has 2 heterocycles. The van der Waals surface area contributed by atoms with Crippen molar-refractivity contribution < 1.29 is 24.5 Å². The molecular formula is C18H16ClNO5S. The quantitative estimate of drug-likeness (QED) is 0.546. The van der Waals surface area contributed by atoms with E-state index < -0.39 is 11.8 Å². The van der Waals surface area contributed by atoms with Gasteiger partial charge in [0.15, 0.2) is 10.8 Å². The minimum absolute atomic E-state index is 0.00560. The van der Waals surface area contributed by atoms with Crippen molar-refractivity contribution in [1.29, 1.82) is 0 Å². The third kappa shape index (κ3) is 3.15. The number of carboxylic acids is 1. The summed E-state index contributed by atoms with van der Waals surface area (Å²) < 4.78 is 5.39. The Morgan fingerprint density at radius 3 is 2.73 bits per heavy atom. The standard InChI is InChI=1S/C18H16ClNO5S/c1-3-25-14-4-9(7-26-14)17(23)16-15-10(5-13(21)22)8(2)20-12(15)6-11(19)18(16)24/h4,6-7,20,24H,3,5H2,1-2H3,(H,21,22). The lowest BCUT2D eigenvalue weighted by atomic mass is 9.96. The number of hydrogen-bond donors (Lipinski definition) is 3. The number of aliphatic carboxylic acids is 1. The van der Waals surface area contributed by atoms with Gasteiger partial charge in [0.2, 0.25) is 0 Å². The second-order valence-corrected chi connectivity index (χ2v) is 7.00. The first-order valence-corrected chi connectivity index (χ1v) is 9.09. The van der Waals surface area contributed by atoms with Gasteiger partial charge in [-0.25, -0.2) is 0 Å². The Hall–Kier alpha value is -2.51. The Labute approximate surface area is 158 Å². The molecule has 0 fully saturated rings. The summed E-state index contributed by atoms with van der Waals surface area (Å²) in [5.41, 5.74) is 1.90. The highest BCUT2D eigenvalue weighted by molar-refractivity contribution is 7.12. The normalized spacial score (nSPS) is 11.0. The minimum atomic E-state index is -1.03. The molecular weight excluding hydrogens is 378 g/mol. The second kappa shape index (κ2) is 7.01. The zero-order valence-electron chi connectivity index (χ0n) is 14.1. The number of halogens is 1. The van der Waals surface area contributed by atoms with Gasteiger partial charge in [0, 0.05) is 33.6 Å². The van der Waals surface area contributed by atoms with Crippen LogP contribution >= 0.6 is 22.9 Å². The maximum Gasteiger partial charge on any atom is 0.307 e. The van der Waals surface area contributed by atoms with Crippen LogP contribution in [-0.2, 0) is 11.2 Å². The number of ketones is 1. The number of thiophene rings is 1. The van der Waals surface area contributed by atoms with Gasteiger partial charge in [0.1, 0.15) is 5.75 Å². The number of aromatic amines is 1. The van der Waals surface area contributed by atoms with E-state index in [-0.39, 0.29) is 22.8 Å². The number of aryl methyl sites for hydroxylation is 1. The molecule has 0 aliphatic heterocycles. The van der Waals surface area contributed by atoms with E-state index in [4.69, 9.17) is 16.3 Å². The molecule has 0 saturated carbocycles. The van der Waals surface area contributed by atoms with Crippen LogP contribution in [0.1, 0.15) is 34.1 Å². The number of aromatic hydroxyl groups is 1. The SMILES string of the molecule is CCOc1cc(C(=O)c2c(O)c(Cl)cc3[nH]c(C)c(CC(=O)O)c23)cs1. The molecule has 26 heavy (non-hydrogen) atoms. The van der Waals surface area contributed by atoms with Crippen LogP contribution in [0, 0.1) is 6.92 Å². The molecule has 0 aliphatic rings. The largest absolute Gasteiger partial charge is 0.506 e. The minimum Gasteiger partial charge on any atom is -0.506 e. The number of carbonyl (C=O) groups is 2. The van der Waals surface area contributed by atoms with Crippen LogP contribution in [0.2, 0.25) is 5.02 Å². The van der Waals surface area contributed by atoms with E-state index in [0.717, 1.165) is 0 Å². The van der Waals surface area contributed by atoms with Crippen LogP contribution in [0.3, 0.4) is 0 Å². The van der Waals surface area contributed by atoms with Crippen molar-refractivity contribution in [1.82, 2.24) is 4.98 Å². The zero-order valence-corrected chi connectivity index (χ0v) is 15.6. The summed E-state index contributed by atoms with van der Waals surface area (Å²) in [6.07, 6.45) is -0.277. The first-order valence-electron chi connectivity index (χ1n) is 7.83. The summed E-state index contributed by atoms with van der Waals surface area (Å²) in [5.74, 6) is -1.84. The zero-order chi connectivity index (χ0) is 19.0. The molecule has 8 heteroatoms. The molecule has 2 aromatic heterocycles. The van der Waals surface area contributed by atoms with Crippen LogP contribution in [-0.4, -0.2) is 33.6 Å². The molecule has 0 saturated heterocycles. The van der Waals surface area contributed by atoms with Crippen molar-refractivity contribution in [2.45, 2.75) is 20.3 Å². The fourth-order valence-corrected chi connectivity index (χ4v) is 3.91. The van der Waals surface area contributed by atoms with Crippen LogP contribution in [0.25, 0.3) is 10.9 Å². The topological polar surface area (TPSA) is 99.6 Å². The number of phenols is 1. The molecule has 0 bridgehead atoms. The lowest BCUT2D eigenvalue weighted by Gasteiger charge is -2.09. The molecule has 0 radical (unpaired) electrons. The van der Waals surface area contributed by atoms with E-state index in [2.05, 4.69) is 4.98 Å². The van der Waals surface area contributed by atoms with Gasteiger partial charge in [-0.1, -0.05) is 11.6 Å². The lowest BCUT2D eigenvalue weighted by Crippen LogP contribution is -2.05. The molecule has 1 aromatic carbocycles. The van der Waals surface area contributed by atoms with Gasteiger partial charge < -0.3 is 19.9 Å². The maximum absolute atomic E-state index is 13.1. The Bertz CT molecular complexity index is 1020. The first kappa shape index (κ1) is 18.3. The highest BCUT2D eigenvalue weighted by Crippen LogP contribution is 2.39. The number of hydrogen-bond acceptors (Lipinski definition) is 5. The monoisotopic (exact) mass is 393 g/mol. The number of phenolic OH excluding ortho intramolecular Hbond substituents is 1. The molecule has 3 N–H and O–H groups in total. The van der Waals surface area contributed by atoms with Crippen LogP contribution < -0.4 is 4.74 Å². The fourth-order valence-electron chi connectivity index (χ4n) is 2.91. The van der Waals surface area contributed by atoms with Crippen molar-refractivity contribution in [3.05, 3.63) is 44.9 Å². The van der Waals surface area contributed by atoms with Crippen molar-refractivity contribution >= 4 is 45.6 Å². The summed E-state index contributed by atoms with van der Waals surface area (Å²) in [6.45, 7) is 4.03. The van der Waals surface area contributed by atoms with Crippen LogP contribution in [0.5, 0.6) is 10.8 Å². The molecule has 0 atom stereocenters. The van der Waals surface area contributed by atoms with Crippen LogP contribution in [0.4, 0.5) is 0 Å². The number of rotatable bonds is 6. The van der Waals surface area contributed by atoms with Gasteiger partial charge in [-0.3, -0.25) is 9.59 Å². The van der Waals surface area contributed by atoms with Gasteiger partial charge in [0.05, 0.1) is 23.6 Å². The predicted octanol–water partition coefficient (Wildman–Crippen LogP) is 4.15. The molecule has 0 spiro atoms. The maximum atomic E-state index is 13.1. The summed E-state index contributed by atoms with van der Waals surface area (Å²) in [4.78, 5) is 27.3. The molecule has 136 valence electrons. The summed E-state index contributed by atoms with van der Waals surface area (Å²) in [6, 6.07) is 3.08. The van der Waals surface area contributed by atoms with E-state index in [0.29, 0.717) is 39.4 Å². The predicted molar refractivity (Wildman–Crippen MR) is 100.0 cm³/mol. The van der Waals surface area contributed by atoms with Gasteiger partial charge in [-0.05, 0) is 25.5 Å². The number of ether oxygens (including phenoxy) is 1. The average Bonchev–Trinajstić information content (AvgIpc) is 3.14. The number of nitrogens with one attached hydrogen (secondary N) is 1. The van der Waals surface area contributed by atoms with Gasteiger partial charge in [0.25, 0.3) is 0 Å². The third-order valence-corrected chi connectivity index (χ3v) is 5.14. The van der Waals surface area contributed by atoms with Crippen LogP contribution in [0.15, 0.2) is 17.5 Å². The summed E-state index contributed by atoms with van der Waals surface area (Å²) >= 11 is 7.36. The Morgan fingerprint density at radius 1 is 1.35 bits per heavy atom. The van der Waals surface area contributed by atoms with E-state index in [1.54, 1.807) is 18.4 Å². The van der Waals surface area contributed by atoms with Crippen molar-refractivity contribution in [2.24, 2.45) is 0 Å². The molecule has 0 aliphatic carbocycles. The number of benzene rings is 1. The molecule has 0 unspecified atom stereocenters. The second-order valence-electron chi connectivity index (χ2n) is 5.72. The lowest BCUT2D eigenvalue weighted by molar-refractivity contribution is -0.136. The van der Waals surface area contributed by atoms with Gasteiger partial charge in [-0.2, -0.15) is 0 Å². The summed E-state index contributed by atoms with van der Waals surface area (Å²) in [7, 11) is 0. The average molecular weight is 394 g/mol. The number of fused-ring (bicyclic) bond motifs is 1. The van der Waals surface area contributed by atoms with Gasteiger partial charge in [-0.15, -0.1) is 11.3 Å². The Morgan fingerprint density at radius 2 is 2.08 bits per heavy atom. The molecule has 3 rings (SSSR count). The first-order chi connectivity index (χ1) is 12.3. The molecule has 3 aromatic rings. The van der Waals surface area contributed by atoms with Crippen molar-refractivity contribution in [3.63, 3.8) is 0 Å². The van der Waals surface area contributed by atoms with E-state index in [1.165, 1.54) is 17.4 Å². The smallest absolute Gasteiger partial charge is 0.307 e. The third-order valence-electron chi connectivity index (χ3n) is 4.01. The Balaban J connectivity index is 2.23.